The lowest BCUT2D eigenvalue weighted by Gasteiger charge is -2.27. The largest absolute Gasteiger partial charge is 0.444 e. The van der Waals surface area contributed by atoms with Crippen molar-refractivity contribution in [2.75, 3.05) is 12.3 Å². The van der Waals surface area contributed by atoms with Gasteiger partial charge in [-0.3, -0.25) is 9.69 Å². The van der Waals surface area contributed by atoms with E-state index in [1.54, 1.807) is 4.90 Å². The molecular weight excluding hydrogens is 308 g/mol. The molecule has 1 aromatic rings. The predicted octanol–water partition coefficient (Wildman–Crippen LogP) is 1.72. The van der Waals surface area contributed by atoms with E-state index >= 15 is 0 Å². The SMILES string of the molecule is CC(C)(C)OC(=O)N1CCCC1c1nnc(SCC(N)=O)o1. The molecule has 2 heterocycles. The monoisotopic (exact) mass is 328 g/mol. The molecule has 1 aliphatic rings. The summed E-state index contributed by atoms with van der Waals surface area (Å²) in [4.78, 5) is 24.6. The van der Waals surface area contributed by atoms with Crippen LogP contribution < -0.4 is 5.73 Å². The zero-order chi connectivity index (χ0) is 16.3. The quantitative estimate of drug-likeness (QED) is 0.837. The summed E-state index contributed by atoms with van der Waals surface area (Å²) in [5.74, 6) is -0.0291. The number of aromatic nitrogens is 2. The van der Waals surface area contributed by atoms with Gasteiger partial charge >= 0.3 is 6.09 Å². The number of thioether (sulfide) groups is 1. The second kappa shape index (κ2) is 6.55. The highest BCUT2D eigenvalue weighted by molar-refractivity contribution is 7.99. The topological polar surface area (TPSA) is 112 Å². The summed E-state index contributed by atoms with van der Waals surface area (Å²) in [6, 6.07) is -0.287. The first-order valence-corrected chi connectivity index (χ1v) is 7.99. The summed E-state index contributed by atoms with van der Waals surface area (Å²) in [6.07, 6.45) is 1.19. The van der Waals surface area contributed by atoms with Gasteiger partial charge in [-0.1, -0.05) is 11.8 Å². The van der Waals surface area contributed by atoms with Crippen molar-refractivity contribution in [1.29, 1.82) is 0 Å². The molecule has 0 spiro atoms. The van der Waals surface area contributed by atoms with Crippen LogP contribution in [0, 0.1) is 0 Å². The summed E-state index contributed by atoms with van der Waals surface area (Å²) >= 11 is 1.08. The van der Waals surface area contributed by atoms with Crippen molar-refractivity contribution >= 4 is 23.8 Å². The van der Waals surface area contributed by atoms with Gasteiger partial charge in [-0.15, -0.1) is 10.2 Å². The molecule has 8 nitrogen and oxygen atoms in total. The molecule has 0 saturated carbocycles. The lowest BCUT2D eigenvalue weighted by Crippen LogP contribution is -2.36. The van der Waals surface area contributed by atoms with Gasteiger partial charge in [0, 0.05) is 6.54 Å². The number of amides is 2. The maximum absolute atomic E-state index is 12.2. The van der Waals surface area contributed by atoms with Gasteiger partial charge in [-0.25, -0.2) is 4.79 Å². The Morgan fingerprint density at radius 3 is 2.82 bits per heavy atom. The van der Waals surface area contributed by atoms with E-state index in [0.717, 1.165) is 24.6 Å². The second-order valence-electron chi connectivity index (χ2n) is 5.99. The molecule has 22 heavy (non-hydrogen) atoms. The summed E-state index contributed by atoms with van der Waals surface area (Å²) in [5, 5.41) is 8.10. The maximum Gasteiger partial charge on any atom is 0.410 e. The molecule has 122 valence electrons. The number of rotatable bonds is 4. The summed E-state index contributed by atoms with van der Waals surface area (Å²) in [7, 11) is 0. The number of likely N-dealkylation sites (tertiary alicyclic amines) is 1. The van der Waals surface area contributed by atoms with E-state index < -0.39 is 11.5 Å². The Hall–Kier alpha value is -1.77. The van der Waals surface area contributed by atoms with E-state index in [9.17, 15) is 9.59 Å². The van der Waals surface area contributed by atoms with Crippen LogP contribution in [0.4, 0.5) is 4.79 Å². The van der Waals surface area contributed by atoms with Gasteiger partial charge in [0.25, 0.3) is 5.22 Å². The minimum absolute atomic E-state index is 0.0715. The third-order valence-electron chi connectivity index (χ3n) is 2.93. The fraction of sp³-hybridized carbons (Fsp3) is 0.692. The lowest BCUT2D eigenvalue weighted by molar-refractivity contribution is -0.115. The van der Waals surface area contributed by atoms with Crippen LogP contribution in [0.1, 0.15) is 45.5 Å². The molecule has 1 aromatic heterocycles. The van der Waals surface area contributed by atoms with Crippen LogP contribution in [-0.2, 0) is 9.53 Å². The Morgan fingerprint density at radius 2 is 2.18 bits per heavy atom. The number of hydrogen-bond acceptors (Lipinski definition) is 7. The molecule has 2 N–H and O–H groups in total. The normalized spacial score (nSPS) is 18.5. The second-order valence-corrected chi connectivity index (χ2v) is 6.92. The Bertz CT molecular complexity index is 554. The van der Waals surface area contributed by atoms with Gasteiger partial charge < -0.3 is 14.9 Å². The summed E-state index contributed by atoms with van der Waals surface area (Å²) < 4.78 is 10.9. The molecule has 0 aliphatic carbocycles. The summed E-state index contributed by atoms with van der Waals surface area (Å²) in [5.41, 5.74) is 4.52. The van der Waals surface area contributed by atoms with E-state index in [2.05, 4.69) is 10.2 Å². The average molecular weight is 328 g/mol. The van der Waals surface area contributed by atoms with Crippen molar-refractivity contribution in [2.24, 2.45) is 5.73 Å². The minimum Gasteiger partial charge on any atom is -0.444 e. The van der Waals surface area contributed by atoms with E-state index in [1.807, 2.05) is 20.8 Å². The maximum atomic E-state index is 12.2. The van der Waals surface area contributed by atoms with Crippen molar-refractivity contribution in [3.05, 3.63) is 5.89 Å². The standard InChI is InChI=1S/C13H20N4O4S/c1-13(2,3)21-12(19)17-6-4-5-8(17)10-15-16-11(20-10)22-7-9(14)18/h8H,4-7H2,1-3H3,(H2,14,18). The fourth-order valence-corrected chi connectivity index (χ4v) is 2.62. The van der Waals surface area contributed by atoms with Crippen molar-refractivity contribution in [2.45, 2.75) is 50.5 Å². The highest BCUT2D eigenvalue weighted by Gasteiger charge is 2.36. The third kappa shape index (κ3) is 4.36. The molecular formula is C13H20N4O4S. The van der Waals surface area contributed by atoms with Gasteiger partial charge in [0.1, 0.15) is 11.6 Å². The third-order valence-corrected chi connectivity index (χ3v) is 3.77. The fourth-order valence-electron chi connectivity index (χ4n) is 2.11. The first kappa shape index (κ1) is 16.6. The zero-order valence-electron chi connectivity index (χ0n) is 12.9. The first-order chi connectivity index (χ1) is 10.3. The number of ether oxygens (including phenoxy) is 1. The molecule has 1 atom stereocenters. The van der Waals surface area contributed by atoms with Crippen molar-refractivity contribution < 1.29 is 18.7 Å². The minimum atomic E-state index is -0.554. The number of carbonyl (C=O) groups is 2. The smallest absolute Gasteiger partial charge is 0.410 e. The van der Waals surface area contributed by atoms with E-state index in [1.165, 1.54) is 0 Å². The Morgan fingerprint density at radius 1 is 1.45 bits per heavy atom. The number of hydrogen-bond donors (Lipinski definition) is 1. The number of nitrogens with zero attached hydrogens (tertiary/aromatic N) is 3. The predicted molar refractivity (Wildman–Crippen MR) is 79.1 cm³/mol. The lowest BCUT2D eigenvalue weighted by atomic mass is 10.2. The van der Waals surface area contributed by atoms with E-state index in [4.69, 9.17) is 14.9 Å². The first-order valence-electron chi connectivity index (χ1n) is 7.00. The van der Waals surface area contributed by atoms with Crippen molar-refractivity contribution in [3.63, 3.8) is 0 Å². The molecule has 0 bridgehead atoms. The van der Waals surface area contributed by atoms with Crippen LogP contribution in [-0.4, -0.2) is 45.0 Å². The van der Waals surface area contributed by atoms with Crippen LogP contribution in [0.2, 0.25) is 0 Å². The molecule has 2 rings (SSSR count). The molecule has 0 aromatic carbocycles. The van der Waals surface area contributed by atoms with Gasteiger partial charge in [0.15, 0.2) is 0 Å². The molecule has 2 amide bonds. The van der Waals surface area contributed by atoms with E-state index in [0.29, 0.717) is 12.4 Å². The molecule has 1 unspecified atom stereocenters. The van der Waals surface area contributed by atoms with Crippen LogP contribution in [0.25, 0.3) is 0 Å². The van der Waals surface area contributed by atoms with Crippen molar-refractivity contribution in [3.8, 4) is 0 Å². The van der Waals surface area contributed by atoms with Gasteiger partial charge in [0.05, 0.1) is 5.75 Å². The molecule has 1 aliphatic heterocycles. The van der Waals surface area contributed by atoms with Crippen LogP contribution >= 0.6 is 11.8 Å². The Labute approximate surface area is 132 Å². The zero-order valence-corrected chi connectivity index (χ0v) is 13.7. The molecule has 0 radical (unpaired) electrons. The number of primary amides is 1. The Kier molecular flexibility index (Phi) is 4.94. The molecule has 9 heteroatoms. The molecule has 1 fully saturated rings. The van der Waals surface area contributed by atoms with Gasteiger partial charge in [0.2, 0.25) is 11.8 Å². The number of carbonyl (C=O) groups excluding carboxylic acids is 2. The molecule has 1 saturated heterocycles. The average Bonchev–Trinajstić information content (AvgIpc) is 3.03. The number of nitrogens with two attached hydrogens (primary N) is 1. The Balaban J connectivity index is 2.04. The van der Waals surface area contributed by atoms with Crippen LogP contribution in [0.15, 0.2) is 9.64 Å². The van der Waals surface area contributed by atoms with Crippen LogP contribution in [0.3, 0.4) is 0 Å². The summed E-state index contributed by atoms with van der Waals surface area (Å²) in [6.45, 7) is 6.05. The highest BCUT2D eigenvalue weighted by Crippen LogP contribution is 2.33. The van der Waals surface area contributed by atoms with Crippen LogP contribution in [0.5, 0.6) is 0 Å². The van der Waals surface area contributed by atoms with E-state index in [-0.39, 0.29) is 23.1 Å². The van der Waals surface area contributed by atoms with Gasteiger partial charge in [-0.05, 0) is 33.6 Å². The van der Waals surface area contributed by atoms with Gasteiger partial charge in [-0.2, -0.15) is 0 Å². The van der Waals surface area contributed by atoms with Crippen molar-refractivity contribution in [1.82, 2.24) is 15.1 Å². The highest BCUT2D eigenvalue weighted by atomic mass is 32.2.